The predicted octanol–water partition coefficient (Wildman–Crippen LogP) is 3.12. The molecule has 0 radical (unpaired) electrons. The van der Waals surface area contributed by atoms with Crippen molar-refractivity contribution < 1.29 is 27.9 Å². The Hall–Kier alpha value is -4.22. The van der Waals surface area contributed by atoms with Crippen molar-refractivity contribution in [3.63, 3.8) is 0 Å². The molecule has 0 saturated carbocycles. The summed E-state index contributed by atoms with van der Waals surface area (Å²) in [5.74, 6) is -0.324. The van der Waals surface area contributed by atoms with Gasteiger partial charge in [-0.2, -0.15) is 18.3 Å². The summed E-state index contributed by atoms with van der Waals surface area (Å²) < 4.78 is 40.0. The maximum Gasteiger partial charge on any atom is 0.416 e. The van der Waals surface area contributed by atoms with E-state index in [-0.39, 0.29) is 17.8 Å². The highest BCUT2D eigenvalue weighted by Crippen LogP contribution is 2.32. The van der Waals surface area contributed by atoms with Gasteiger partial charge in [0.15, 0.2) is 5.82 Å². The molecule has 0 saturated heterocycles. The molecule has 1 amide bonds. The summed E-state index contributed by atoms with van der Waals surface area (Å²) in [5.41, 5.74) is 0.265. The Kier molecular flexibility index (Phi) is 5.76. The lowest BCUT2D eigenvalue weighted by molar-refractivity contribution is -0.137. The molecule has 0 spiro atoms. The van der Waals surface area contributed by atoms with Crippen molar-refractivity contribution in [1.82, 2.24) is 25.0 Å². The maximum atomic E-state index is 12.8. The van der Waals surface area contributed by atoms with Crippen LogP contribution in [-0.2, 0) is 11.0 Å². The normalized spacial score (nSPS) is 10.9. The van der Waals surface area contributed by atoms with Gasteiger partial charge in [-0.1, -0.05) is 12.1 Å². The first-order valence-electron chi connectivity index (χ1n) is 8.23. The Balaban J connectivity index is 0.000000806. The van der Waals surface area contributed by atoms with Crippen LogP contribution in [0.1, 0.15) is 15.9 Å². The van der Waals surface area contributed by atoms with E-state index in [0.29, 0.717) is 16.6 Å². The van der Waals surface area contributed by atoms with E-state index in [2.05, 4.69) is 25.7 Å². The number of nitrogens with zero attached hydrogens (tertiary/aromatic N) is 4. The smallest absolute Gasteiger partial charge is 0.416 e. The topological polar surface area (TPSA) is 126 Å². The van der Waals surface area contributed by atoms with Crippen molar-refractivity contribution in [1.29, 1.82) is 0 Å². The lowest BCUT2D eigenvalue weighted by Crippen LogP contribution is -2.15. The van der Waals surface area contributed by atoms with Crippen molar-refractivity contribution >= 4 is 29.1 Å². The number of carbonyl (C=O) groups excluding carboxylic acids is 1. The molecule has 4 rings (SSSR count). The first kappa shape index (κ1) is 20.5. The molecule has 0 bridgehead atoms. The molecule has 0 fully saturated rings. The molecule has 9 nitrogen and oxygen atoms in total. The average Bonchev–Trinajstić information content (AvgIpc) is 3.38. The Morgan fingerprint density at radius 2 is 1.80 bits per heavy atom. The van der Waals surface area contributed by atoms with E-state index >= 15 is 0 Å². The van der Waals surface area contributed by atoms with Gasteiger partial charge < -0.3 is 10.4 Å². The van der Waals surface area contributed by atoms with Gasteiger partial charge in [0.05, 0.1) is 22.3 Å². The first-order valence-corrected chi connectivity index (χ1v) is 8.23. The summed E-state index contributed by atoms with van der Waals surface area (Å²) in [7, 11) is 0. The molecule has 154 valence electrons. The third-order valence-corrected chi connectivity index (χ3v) is 3.97. The standard InChI is InChI=1S/C17H11F3N6O.CH2O2/c18-17(19,20)10-5-6-11-13(7-10)24-25-15(11)23-16(27)12-3-1-2-4-14(12)26-8-21-22-9-26;2-1-3/h1-9H,(H2,23,24,25,27);1H,(H,2,3). The van der Waals surface area contributed by atoms with Crippen molar-refractivity contribution in [3.8, 4) is 5.69 Å². The van der Waals surface area contributed by atoms with Gasteiger partial charge in [-0.05, 0) is 30.3 Å². The molecule has 2 aromatic carbocycles. The highest BCUT2D eigenvalue weighted by Gasteiger charge is 2.31. The number of H-pyrrole nitrogens is 1. The molecule has 2 aromatic heterocycles. The van der Waals surface area contributed by atoms with Crippen molar-refractivity contribution in [2.45, 2.75) is 6.18 Å². The van der Waals surface area contributed by atoms with E-state index in [1.807, 2.05) is 0 Å². The molecule has 2 heterocycles. The fraction of sp³-hybridized carbons (Fsp3) is 0.0556. The number of halogens is 3. The minimum Gasteiger partial charge on any atom is -0.483 e. The zero-order chi connectivity index (χ0) is 21.7. The SMILES string of the molecule is O=C(Nc1n[nH]c2cc(C(F)(F)F)ccc12)c1ccccc1-n1cnnc1.O=CO. The van der Waals surface area contributed by atoms with Crippen LogP contribution in [0.15, 0.2) is 55.1 Å². The monoisotopic (exact) mass is 418 g/mol. The molecule has 12 heteroatoms. The number of hydrogen-bond acceptors (Lipinski definition) is 5. The molecule has 4 aromatic rings. The summed E-state index contributed by atoms with van der Waals surface area (Å²) in [5, 5.41) is 23.7. The van der Waals surface area contributed by atoms with E-state index in [0.717, 1.165) is 12.1 Å². The molecule has 0 aliphatic carbocycles. The van der Waals surface area contributed by atoms with Crippen LogP contribution in [0.25, 0.3) is 16.6 Å². The largest absolute Gasteiger partial charge is 0.483 e. The van der Waals surface area contributed by atoms with E-state index in [1.54, 1.807) is 28.8 Å². The minimum atomic E-state index is -4.46. The van der Waals surface area contributed by atoms with Crippen LogP contribution >= 0.6 is 0 Å². The summed E-state index contributed by atoms with van der Waals surface area (Å²) in [6, 6.07) is 9.94. The van der Waals surface area contributed by atoms with E-state index in [9.17, 15) is 18.0 Å². The number of aromatic amines is 1. The number of carboxylic acid groups (broad SMARTS) is 1. The van der Waals surface area contributed by atoms with Gasteiger partial charge in [0, 0.05) is 5.39 Å². The van der Waals surface area contributed by atoms with Crippen molar-refractivity contribution in [3.05, 3.63) is 66.2 Å². The van der Waals surface area contributed by atoms with E-state index < -0.39 is 17.6 Å². The fourth-order valence-corrected chi connectivity index (χ4v) is 2.68. The van der Waals surface area contributed by atoms with Gasteiger partial charge in [-0.15, -0.1) is 10.2 Å². The Morgan fingerprint density at radius 1 is 1.13 bits per heavy atom. The molecule has 3 N–H and O–H groups in total. The fourth-order valence-electron chi connectivity index (χ4n) is 2.68. The summed E-state index contributed by atoms with van der Waals surface area (Å²) in [6.07, 6.45) is -1.55. The number of anilines is 1. The number of hydrogen-bond donors (Lipinski definition) is 3. The molecule has 0 aliphatic heterocycles. The first-order chi connectivity index (χ1) is 14.3. The summed E-state index contributed by atoms with van der Waals surface area (Å²) >= 11 is 0. The molecular weight excluding hydrogens is 405 g/mol. The molecule has 0 atom stereocenters. The lowest BCUT2D eigenvalue weighted by atomic mass is 10.1. The Morgan fingerprint density at radius 3 is 2.47 bits per heavy atom. The second-order valence-corrected chi connectivity index (χ2v) is 5.78. The van der Waals surface area contributed by atoms with Gasteiger partial charge in [-0.3, -0.25) is 19.3 Å². The zero-order valence-electron chi connectivity index (χ0n) is 15.0. The Bertz CT molecular complexity index is 1170. The number of fused-ring (bicyclic) bond motifs is 1. The summed E-state index contributed by atoms with van der Waals surface area (Å²) in [4.78, 5) is 21.1. The van der Waals surface area contributed by atoms with Crippen LogP contribution in [0.2, 0.25) is 0 Å². The molecule has 0 aliphatic rings. The quantitative estimate of drug-likeness (QED) is 0.439. The lowest BCUT2D eigenvalue weighted by Gasteiger charge is -2.09. The maximum absolute atomic E-state index is 12.8. The number of rotatable bonds is 3. The molecular formula is C18H13F3N6O3. The van der Waals surface area contributed by atoms with Crippen LogP contribution in [0.3, 0.4) is 0 Å². The number of aromatic nitrogens is 5. The second-order valence-electron chi connectivity index (χ2n) is 5.78. The van der Waals surface area contributed by atoms with Crippen LogP contribution in [0, 0.1) is 0 Å². The van der Waals surface area contributed by atoms with Crippen LogP contribution in [0.4, 0.5) is 19.0 Å². The predicted molar refractivity (Wildman–Crippen MR) is 99.1 cm³/mol. The number of benzene rings is 2. The minimum absolute atomic E-state index is 0.141. The molecule has 30 heavy (non-hydrogen) atoms. The molecule has 0 unspecified atom stereocenters. The second kappa shape index (κ2) is 8.43. The highest BCUT2D eigenvalue weighted by molar-refractivity contribution is 6.09. The average molecular weight is 418 g/mol. The van der Waals surface area contributed by atoms with Crippen molar-refractivity contribution in [2.75, 3.05) is 5.32 Å². The van der Waals surface area contributed by atoms with Crippen LogP contribution in [0.5, 0.6) is 0 Å². The van der Waals surface area contributed by atoms with Gasteiger partial charge in [0.2, 0.25) is 0 Å². The van der Waals surface area contributed by atoms with Gasteiger partial charge in [0.25, 0.3) is 12.4 Å². The Labute approximate surface area is 166 Å². The zero-order valence-corrected chi connectivity index (χ0v) is 15.0. The van der Waals surface area contributed by atoms with E-state index in [4.69, 9.17) is 9.90 Å². The summed E-state index contributed by atoms with van der Waals surface area (Å²) in [6.45, 7) is -0.250. The van der Waals surface area contributed by atoms with E-state index in [1.165, 1.54) is 18.7 Å². The number of para-hydroxylation sites is 1. The van der Waals surface area contributed by atoms with Gasteiger partial charge >= 0.3 is 6.18 Å². The number of carbonyl (C=O) groups is 2. The van der Waals surface area contributed by atoms with Gasteiger partial charge in [-0.25, -0.2) is 0 Å². The van der Waals surface area contributed by atoms with Crippen molar-refractivity contribution in [2.24, 2.45) is 0 Å². The number of amides is 1. The van der Waals surface area contributed by atoms with Crippen LogP contribution < -0.4 is 5.32 Å². The third kappa shape index (κ3) is 4.27. The van der Waals surface area contributed by atoms with Crippen LogP contribution in [-0.4, -0.2) is 42.4 Å². The number of nitrogens with one attached hydrogen (secondary N) is 2. The number of alkyl halides is 3. The third-order valence-electron chi connectivity index (χ3n) is 3.97. The highest BCUT2D eigenvalue weighted by atomic mass is 19.4. The van der Waals surface area contributed by atoms with Gasteiger partial charge in [0.1, 0.15) is 12.7 Å².